The van der Waals surface area contributed by atoms with E-state index in [0.29, 0.717) is 28.7 Å². The van der Waals surface area contributed by atoms with Crippen LogP contribution in [-0.2, 0) is 11.3 Å². The van der Waals surface area contributed by atoms with Gasteiger partial charge in [0.2, 0.25) is 5.91 Å². The Morgan fingerprint density at radius 2 is 1.56 bits per heavy atom. The maximum Gasteiger partial charge on any atom is 0.242 e. The van der Waals surface area contributed by atoms with Crippen molar-refractivity contribution in [3.8, 4) is 5.75 Å². The molecule has 0 aliphatic carbocycles. The Labute approximate surface area is 203 Å². The fourth-order valence-electron chi connectivity index (χ4n) is 4.23. The van der Waals surface area contributed by atoms with Crippen molar-refractivity contribution in [3.63, 3.8) is 0 Å². The van der Waals surface area contributed by atoms with E-state index in [0.717, 1.165) is 42.5 Å². The lowest BCUT2D eigenvalue weighted by molar-refractivity contribution is -0.132. The number of hydrogen-bond acceptors (Lipinski definition) is 3. The third-order valence-corrected chi connectivity index (χ3v) is 6.39. The van der Waals surface area contributed by atoms with Crippen LogP contribution in [0.25, 0.3) is 10.9 Å². The number of carbonyl (C=O) groups is 2. The lowest BCUT2D eigenvalue weighted by Gasteiger charge is -2.25. The summed E-state index contributed by atoms with van der Waals surface area (Å²) in [6.45, 7) is 12.4. The molecular weight excluding hydrogens is 424 g/mol. The minimum Gasteiger partial charge on any atom is -0.497 e. The maximum atomic E-state index is 13.5. The zero-order chi connectivity index (χ0) is 24.8. The van der Waals surface area contributed by atoms with Crippen molar-refractivity contribution >= 4 is 22.6 Å². The Kier molecular flexibility index (Phi) is 8.54. The highest BCUT2D eigenvalue weighted by atomic mass is 16.5. The van der Waals surface area contributed by atoms with Crippen LogP contribution in [0.3, 0.4) is 0 Å². The molecule has 0 bridgehead atoms. The van der Waals surface area contributed by atoms with Crippen LogP contribution in [0.5, 0.6) is 5.75 Å². The lowest BCUT2D eigenvalue weighted by atomic mass is 10.0. The molecule has 5 heteroatoms. The van der Waals surface area contributed by atoms with Gasteiger partial charge in [0.05, 0.1) is 18.2 Å². The molecule has 2 aromatic carbocycles. The van der Waals surface area contributed by atoms with Crippen molar-refractivity contribution in [2.75, 3.05) is 20.2 Å². The highest BCUT2D eigenvalue weighted by molar-refractivity contribution is 6.17. The third-order valence-electron chi connectivity index (χ3n) is 6.39. The van der Waals surface area contributed by atoms with Crippen molar-refractivity contribution in [1.82, 2.24) is 9.47 Å². The van der Waals surface area contributed by atoms with Gasteiger partial charge in [0, 0.05) is 35.8 Å². The summed E-state index contributed by atoms with van der Waals surface area (Å²) in [5.41, 5.74) is 2.94. The molecule has 0 atom stereocenters. The number of rotatable bonds is 11. The molecule has 0 aliphatic rings. The number of hydrogen-bond donors (Lipinski definition) is 0. The number of nitrogens with zero attached hydrogens (tertiary/aromatic N) is 2. The smallest absolute Gasteiger partial charge is 0.242 e. The van der Waals surface area contributed by atoms with E-state index in [1.165, 1.54) is 0 Å². The van der Waals surface area contributed by atoms with E-state index in [1.807, 2.05) is 64.9 Å². The summed E-state index contributed by atoms with van der Waals surface area (Å²) in [5.74, 6) is 1.82. The number of fused-ring (bicyclic) bond motifs is 1. The van der Waals surface area contributed by atoms with Gasteiger partial charge in [-0.2, -0.15) is 0 Å². The minimum absolute atomic E-state index is 0.0315. The number of carbonyl (C=O) groups excluding carboxylic acids is 2. The lowest BCUT2D eigenvalue weighted by Crippen LogP contribution is -2.36. The first-order chi connectivity index (χ1) is 16.2. The second-order valence-electron chi connectivity index (χ2n) is 9.87. The van der Waals surface area contributed by atoms with E-state index in [-0.39, 0.29) is 18.2 Å². The molecule has 5 nitrogen and oxygen atoms in total. The Balaban J connectivity index is 2.02. The van der Waals surface area contributed by atoms with Crippen LogP contribution in [0.15, 0.2) is 48.5 Å². The fourth-order valence-corrected chi connectivity index (χ4v) is 4.23. The Hall–Kier alpha value is -3.08. The summed E-state index contributed by atoms with van der Waals surface area (Å²) in [6, 6.07) is 15.0. The topological polar surface area (TPSA) is 51.5 Å². The van der Waals surface area contributed by atoms with Crippen molar-refractivity contribution in [2.45, 2.75) is 54.0 Å². The summed E-state index contributed by atoms with van der Waals surface area (Å²) in [4.78, 5) is 29.0. The van der Waals surface area contributed by atoms with Gasteiger partial charge in [0.1, 0.15) is 12.3 Å². The average Bonchev–Trinajstić information content (AvgIpc) is 3.09. The van der Waals surface area contributed by atoms with Gasteiger partial charge < -0.3 is 14.2 Å². The molecule has 182 valence electrons. The Morgan fingerprint density at radius 1 is 0.941 bits per heavy atom. The standard InChI is InChI=1S/C29H38N2O3/c1-20(2)14-16-30(17-15-21(3)4)27(32)19-31-22(5)28(29(33)23-10-8-7-9-11-23)25-13-12-24(34-6)18-26(25)31/h7-13,18,20-21H,14-17,19H2,1-6H3. The monoisotopic (exact) mass is 462 g/mol. The number of aromatic nitrogens is 1. The normalized spacial score (nSPS) is 11.4. The molecule has 0 N–H and O–H groups in total. The second-order valence-corrected chi connectivity index (χ2v) is 9.87. The van der Waals surface area contributed by atoms with Crippen LogP contribution in [0.2, 0.25) is 0 Å². The molecular formula is C29H38N2O3. The molecule has 34 heavy (non-hydrogen) atoms. The molecule has 3 aromatic rings. The Morgan fingerprint density at radius 3 is 2.12 bits per heavy atom. The van der Waals surface area contributed by atoms with Crippen molar-refractivity contribution in [2.24, 2.45) is 11.8 Å². The van der Waals surface area contributed by atoms with Gasteiger partial charge in [0.25, 0.3) is 0 Å². The quantitative estimate of drug-likeness (QED) is 0.323. The Bertz CT molecular complexity index is 1120. The summed E-state index contributed by atoms with van der Waals surface area (Å²) in [6.07, 6.45) is 1.95. The predicted octanol–water partition coefficient (Wildman–Crippen LogP) is 6.11. The largest absolute Gasteiger partial charge is 0.497 e. The molecule has 0 radical (unpaired) electrons. The van der Waals surface area contributed by atoms with Gasteiger partial charge >= 0.3 is 0 Å². The van der Waals surface area contributed by atoms with E-state index < -0.39 is 0 Å². The van der Waals surface area contributed by atoms with Crippen LogP contribution < -0.4 is 4.74 Å². The van der Waals surface area contributed by atoms with E-state index in [2.05, 4.69) is 27.7 Å². The van der Waals surface area contributed by atoms with Gasteiger partial charge in [-0.1, -0.05) is 58.0 Å². The molecule has 0 unspecified atom stereocenters. The first-order valence-electron chi connectivity index (χ1n) is 12.3. The van der Waals surface area contributed by atoms with Crippen molar-refractivity contribution < 1.29 is 14.3 Å². The van der Waals surface area contributed by atoms with Gasteiger partial charge in [-0.25, -0.2) is 0 Å². The zero-order valence-corrected chi connectivity index (χ0v) is 21.4. The SMILES string of the molecule is COc1ccc2c(C(=O)c3ccccc3)c(C)n(CC(=O)N(CCC(C)C)CCC(C)C)c2c1. The number of ether oxygens (including phenoxy) is 1. The van der Waals surface area contributed by atoms with Crippen LogP contribution in [-0.4, -0.2) is 41.4 Å². The molecule has 0 spiro atoms. The number of benzene rings is 2. The highest BCUT2D eigenvalue weighted by Gasteiger charge is 2.24. The van der Waals surface area contributed by atoms with E-state index in [9.17, 15) is 9.59 Å². The van der Waals surface area contributed by atoms with Crippen molar-refractivity contribution in [3.05, 3.63) is 65.4 Å². The van der Waals surface area contributed by atoms with Gasteiger partial charge in [-0.3, -0.25) is 9.59 Å². The first-order valence-corrected chi connectivity index (χ1v) is 12.3. The predicted molar refractivity (Wildman–Crippen MR) is 139 cm³/mol. The number of amides is 1. The molecule has 3 rings (SSSR count). The molecule has 0 aliphatic heterocycles. The van der Waals surface area contributed by atoms with Gasteiger partial charge in [-0.15, -0.1) is 0 Å². The van der Waals surface area contributed by atoms with Gasteiger partial charge in [-0.05, 0) is 43.7 Å². The van der Waals surface area contributed by atoms with Gasteiger partial charge in [0.15, 0.2) is 5.78 Å². The maximum absolute atomic E-state index is 13.5. The molecule has 1 amide bonds. The number of methoxy groups -OCH3 is 1. The number of ketones is 1. The molecule has 0 fully saturated rings. The van der Waals surface area contributed by atoms with Crippen LogP contribution in [0, 0.1) is 18.8 Å². The fraction of sp³-hybridized carbons (Fsp3) is 0.448. The molecule has 0 saturated carbocycles. The van der Waals surface area contributed by atoms with E-state index in [4.69, 9.17) is 4.74 Å². The average molecular weight is 463 g/mol. The highest BCUT2D eigenvalue weighted by Crippen LogP contribution is 2.31. The zero-order valence-electron chi connectivity index (χ0n) is 21.4. The van der Waals surface area contributed by atoms with Crippen LogP contribution in [0.1, 0.15) is 62.2 Å². The third kappa shape index (κ3) is 5.88. The minimum atomic E-state index is -0.0315. The van der Waals surface area contributed by atoms with E-state index in [1.54, 1.807) is 7.11 Å². The molecule has 1 aromatic heterocycles. The summed E-state index contributed by atoms with van der Waals surface area (Å²) in [7, 11) is 1.63. The summed E-state index contributed by atoms with van der Waals surface area (Å²) in [5, 5.41) is 0.843. The van der Waals surface area contributed by atoms with Crippen LogP contribution in [0.4, 0.5) is 0 Å². The van der Waals surface area contributed by atoms with Crippen LogP contribution >= 0.6 is 0 Å². The first kappa shape index (κ1) is 25.5. The summed E-state index contributed by atoms with van der Waals surface area (Å²) >= 11 is 0. The summed E-state index contributed by atoms with van der Waals surface area (Å²) < 4.78 is 7.44. The van der Waals surface area contributed by atoms with Crippen molar-refractivity contribution in [1.29, 1.82) is 0 Å². The molecule has 1 heterocycles. The second kappa shape index (κ2) is 11.4. The van der Waals surface area contributed by atoms with E-state index >= 15 is 0 Å². The molecule has 0 saturated heterocycles.